The Bertz CT molecular complexity index is 2380. The highest BCUT2D eigenvalue weighted by molar-refractivity contribution is 8.04. The van der Waals surface area contributed by atoms with Gasteiger partial charge in [-0.05, 0) is 85.2 Å². The molecule has 3 aliphatic rings. The Hall–Kier alpha value is -4.91. The number of rotatable bonds is 15. The normalized spacial score (nSPS) is 17.1. The van der Waals surface area contributed by atoms with Gasteiger partial charge in [-0.25, -0.2) is 9.37 Å². The van der Waals surface area contributed by atoms with Crippen molar-refractivity contribution in [3.8, 4) is 22.5 Å². The van der Waals surface area contributed by atoms with Crippen LogP contribution in [0.15, 0.2) is 93.3 Å². The third-order valence-corrected chi connectivity index (χ3v) is 12.8. The highest BCUT2D eigenvalue weighted by atomic mass is 32.2. The number of aliphatic carboxylic acids is 1. The number of Topliss-reactive ketones (excluding diaryl/α,β-unsaturated/α-hetero) is 2. The van der Waals surface area contributed by atoms with E-state index in [0.29, 0.717) is 66.5 Å². The number of ketones is 2. The van der Waals surface area contributed by atoms with Gasteiger partial charge in [0.15, 0.2) is 11.6 Å². The maximum absolute atomic E-state index is 13.6. The molecule has 2 aliphatic carbocycles. The van der Waals surface area contributed by atoms with Gasteiger partial charge in [0.1, 0.15) is 31.0 Å². The van der Waals surface area contributed by atoms with Gasteiger partial charge in [0.2, 0.25) is 5.36 Å². The summed E-state index contributed by atoms with van der Waals surface area (Å²) in [7, 11) is 7.73. The van der Waals surface area contributed by atoms with Gasteiger partial charge in [0, 0.05) is 77.5 Å². The first kappa shape index (κ1) is 43.2. The first-order valence-electron chi connectivity index (χ1n) is 18.7. The summed E-state index contributed by atoms with van der Waals surface area (Å²) in [5.74, 6) is -0.441. The van der Waals surface area contributed by atoms with Crippen molar-refractivity contribution in [3.63, 3.8) is 0 Å². The molecule has 57 heavy (non-hydrogen) atoms. The second-order valence-electron chi connectivity index (χ2n) is 15.5. The molecule has 1 heterocycles. The molecular formula is C45H50N2O8S2. The van der Waals surface area contributed by atoms with Gasteiger partial charge in [0.05, 0.1) is 22.7 Å². The zero-order valence-corrected chi connectivity index (χ0v) is 35.4. The van der Waals surface area contributed by atoms with Gasteiger partial charge in [-0.15, -0.1) is 11.8 Å². The minimum atomic E-state index is -1.42. The van der Waals surface area contributed by atoms with Crippen LogP contribution in [0.3, 0.4) is 0 Å². The van der Waals surface area contributed by atoms with E-state index in [2.05, 4.69) is 0 Å². The number of unbranched alkanes of at least 4 members (excludes halogenated alkanes) is 1. The third-order valence-electron chi connectivity index (χ3n) is 10.5. The van der Waals surface area contributed by atoms with Crippen LogP contribution in [0.2, 0.25) is 0 Å². The molecule has 12 heteroatoms. The number of allylic oxidation sites excluding steroid dienone is 3. The molecule has 0 spiro atoms. The van der Waals surface area contributed by atoms with Crippen LogP contribution in [0.5, 0.6) is 0 Å². The smallest absolute Gasteiger partial charge is 0.328 e. The van der Waals surface area contributed by atoms with Crippen molar-refractivity contribution in [1.29, 1.82) is 0 Å². The Balaban J connectivity index is 1.30. The van der Waals surface area contributed by atoms with Crippen molar-refractivity contribution in [1.82, 2.24) is 4.58 Å². The molecule has 0 saturated heterocycles. The molecule has 1 atom stereocenters. The van der Waals surface area contributed by atoms with E-state index in [0.717, 1.165) is 30.0 Å². The Morgan fingerprint density at radius 2 is 1.72 bits per heavy atom. The van der Waals surface area contributed by atoms with Crippen molar-refractivity contribution < 1.29 is 38.9 Å². The van der Waals surface area contributed by atoms with Crippen LogP contribution in [-0.4, -0.2) is 84.8 Å². The molecule has 2 N–H and O–H groups in total. The van der Waals surface area contributed by atoms with Crippen LogP contribution in [-0.2, 0) is 9.59 Å². The number of aromatic carboxylic acids is 1. The highest BCUT2D eigenvalue weighted by Gasteiger charge is 2.49. The quantitative estimate of drug-likeness (QED) is 0.0330. The van der Waals surface area contributed by atoms with Gasteiger partial charge in [0.25, 0.3) is 0 Å². The number of thioether (sulfide) groups is 2. The molecule has 0 fully saturated rings. The van der Waals surface area contributed by atoms with Gasteiger partial charge >= 0.3 is 5.97 Å². The lowest BCUT2D eigenvalue weighted by atomic mass is 9.64. The summed E-state index contributed by atoms with van der Waals surface area (Å²) in [6.45, 7) is 7.06. The van der Waals surface area contributed by atoms with Gasteiger partial charge in [-0.3, -0.25) is 9.59 Å². The van der Waals surface area contributed by atoms with Gasteiger partial charge in [-0.2, -0.15) is 11.8 Å². The molecule has 10 nitrogen and oxygen atoms in total. The lowest BCUT2D eigenvalue weighted by Gasteiger charge is -2.45. The lowest BCUT2D eigenvalue weighted by molar-refractivity contribution is -0.255. The van der Waals surface area contributed by atoms with Gasteiger partial charge in [-0.1, -0.05) is 32.1 Å². The highest BCUT2D eigenvalue weighted by Crippen LogP contribution is 2.49. The molecular weight excluding hydrogens is 761 g/mol. The molecule has 2 aromatic carbocycles. The van der Waals surface area contributed by atoms with E-state index < -0.39 is 23.0 Å². The number of benzene rings is 3. The van der Waals surface area contributed by atoms with E-state index in [-0.39, 0.29) is 29.3 Å². The summed E-state index contributed by atoms with van der Waals surface area (Å²) < 4.78 is 8.37. The summed E-state index contributed by atoms with van der Waals surface area (Å²) in [6.07, 6.45) is 5.97. The van der Waals surface area contributed by atoms with Gasteiger partial charge < -0.3 is 29.4 Å². The molecule has 0 saturated carbocycles. The number of carbonyl (C=O) groups excluding carboxylic acids is 3. The monoisotopic (exact) mass is 810 g/mol. The number of fused-ring (bicyclic) bond motifs is 2. The van der Waals surface area contributed by atoms with Crippen molar-refractivity contribution in [2.75, 3.05) is 50.3 Å². The van der Waals surface area contributed by atoms with Crippen LogP contribution in [0.25, 0.3) is 33.4 Å². The number of carboxylic acid groups (broad SMARTS) is 2. The second kappa shape index (κ2) is 17.7. The Labute approximate surface area is 342 Å². The average Bonchev–Trinajstić information content (AvgIpc) is 3.14. The lowest BCUT2D eigenvalue weighted by Crippen LogP contribution is -2.49. The molecule has 300 valence electrons. The topological polar surface area (TPSA) is 151 Å². The molecule has 5 rings (SSSR count). The Morgan fingerprint density at radius 3 is 2.39 bits per heavy atom. The number of anilines is 1. The van der Waals surface area contributed by atoms with E-state index in [1.807, 2.05) is 87.9 Å². The molecule has 1 aliphatic heterocycles. The molecule has 0 amide bonds. The van der Waals surface area contributed by atoms with E-state index in [1.54, 1.807) is 38.1 Å². The summed E-state index contributed by atoms with van der Waals surface area (Å²) in [5.41, 5.74) is 2.42. The fraction of sp³-hybridized carbons (Fsp3) is 0.356. The predicted molar refractivity (Wildman–Crippen MR) is 229 cm³/mol. The number of nitrogens with zero attached hydrogens (tertiary/aromatic N) is 2. The minimum absolute atomic E-state index is 0.0232. The largest absolute Gasteiger partial charge is 0.545 e. The average molecular weight is 811 g/mol. The fourth-order valence-corrected chi connectivity index (χ4v) is 9.15. The van der Waals surface area contributed by atoms with E-state index >= 15 is 0 Å². The number of carbonyl (C=O) groups is 4. The predicted octanol–water partition coefficient (Wildman–Crippen LogP) is 6.69. The van der Waals surface area contributed by atoms with E-state index in [1.165, 1.54) is 29.6 Å². The van der Waals surface area contributed by atoms with Crippen molar-refractivity contribution in [2.24, 2.45) is 5.41 Å². The van der Waals surface area contributed by atoms with Crippen LogP contribution in [0.1, 0.15) is 67.7 Å². The summed E-state index contributed by atoms with van der Waals surface area (Å²) >= 11 is 2.91. The molecule has 0 radical (unpaired) electrons. The number of carboxylic acids is 2. The maximum atomic E-state index is 13.6. The van der Waals surface area contributed by atoms with Crippen LogP contribution in [0.4, 0.5) is 5.69 Å². The summed E-state index contributed by atoms with van der Waals surface area (Å²) in [4.78, 5) is 52.8. The molecule has 2 aromatic rings. The molecule has 0 aromatic heterocycles. The second-order valence-corrected chi connectivity index (χ2v) is 17.7. The zero-order chi connectivity index (χ0) is 41.8. The maximum Gasteiger partial charge on any atom is 0.328 e. The van der Waals surface area contributed by atoms with E-state index in [9.17, 15) is 29.4 Å². The number of hydrogen-bond acceptors (Lipinski definition) is 10. The van der Waals surface area contributed by atoms with Crippen LogP contribution >= 0.6 is 23.5 Å². The van der Waals surface area contributed by atoms with Crippen LogP contribution in [0, 0.1) is 5.41 Å². The Morgan fingerprint density at radius 1 is 1.00 bits per heavy atom. The van der Waals surface area contributed by atoms with Crippen molar-refractivity contribution >= 4 is 63.7 Å². The Kier molecular flexibility index (Phi) is 13.4. The van der Waals surface area contributed by atoms with E-state index in [4.69, 9.17) is 9.52 Å². The zero-order valence-electron chi connectivity index (χ0n) is 33.7. The first-order valence-corrected chi connectivity index (χ1v) is 20.8. The van der Waals surface area contributed by atoms with Crippen molar-refractivity contribution in [2.45, 2.75) is 52.6 Å². The molecule has 0 bridgehead atoms. The summed E-state index contributed by atoms with van der Waals surface area (Å²) in [6, 6.07) is 16.2. The fourth-order valence-electron chi connectivity index (χ4n) is 7.09. The number of hydrogen-bond donors (Lipinski definition) is 2. The minimum Gasteiger partial charge on any atom is -0.545 e. The van der Waals surface area contributed by atoms with Crippen molar-refractivity contribution in [3.05, 3.63) is 105 Å². The summed E-state index contributed by atoms with van der Waals surface area (Å²) in [5, 5.41) is 35.0. The first-order chi connectivity index (χ1) is 26.8. The SMILES string of the molecule is CC1=C(SCCCCSCC(=O)c2ccc(C(=O)[O-])c(-c3c4ccc(=[N+](C)C)cc-4oc4cc(N(C)C)ccc34)c2)C(=O)CC(C)(C)[C@@]1(O)/C=C/C(C)=C\C(=O)O. The third kappa shape index (κ3) is 9.46. The number of aliphatic hydroxyl groups is 1. The standard InChI is InChI=1S/C45H50N2O8S2/c1-27(21-40(50)51)17-18-45(54)28(2)42(36(48)25-44(45,3)4)57-20-10-9-19-56-26-37(49)29-11-14-32(43(52)53)35(22-29)41-33-15-12-30(46(5)6)23-38(33)55-39-24-31(47(7)8)13-16-34(39)41/h11-18,21-24,54H,9-10,19-20,25-26H2,1-8H3,(H-,50,51,52,53)/b18-17+,27-21-/t45-/m1/s1. The van der Waals surface area contributed by atoms with Crippen LogP contribution < -0.4 is 19.9 Å². The molecule has 0 unspecified atom stereocenters.